The van der Waals surface area contributed by atoms with Crippen molar-refractivity contribution >= 4 is 0 Å². The van der Waals surface area contributed by atoms with Crippen LogP contribution in [0.4, 0.5) is 4.39 Å². The Labute approximate surface area is 176 Å². The summed E-state index contributed by atoms with van der Waals surface area (Å²) in [5.41, 5.74) is 10.3. The number of nitrogens with two attached hydrogens (primary N) is 1. The van der Waals surface area contributed by atoms with Gasteiger partial charge in [-0.1, -0.05) is 24.3 Å². The lowest BCUT2D eigenvalue weighted by Crippen LogP contribution is -2.51. The van der Waals surface area contributed by atoms with Crippen LogP contribution >= 0.6 is 0 Å². The number of aromatic nitrogens is 2. The fourth-order valence-corrected chi connectivity index (χ4v) is 4.92. The molecule has 0 saturated carbocycles. The zero-order chi connectivity index (χ0) is 20.5. The summed E-state index contributed by atoms with van der Waals surface area (Å²) in [6, 6.07) is 15.5. The summed E-state index contributed by atoms with van der Waals surface area (Å²) < 4.78 is 20.8. The van der Waals surface area contributed by atoms with Gasteiger partial charge in [0, 0.05) is 24.3 Å². The molecule has 1 saturated heterocycles. The number of halogens is 1. The molecule has 0 amide bonds. The van der Waals surface area contributed by atoms with Crippen LogP contribution in [0.3, 0.4) is 0 Å². The Morgan fingerprint density at radius 1 is 1.13 bits per heavy atom. The summed E-state index contributed by atoms with van der Waals surface area (Å²) >= 11 is 0. The lowest BCUT2D eigenvalue weighted by Gasteiger charge is -2.43. The van der Waals surface area contributed by atoms with Crippen molar-refractivity contribution < 1.29 is 9.13 Å². The predicted molar refractivity (Wildman–Crippen MR) is 115 cm³/mol. The molecule has 3 atom stereocenters. The van der Waals surface area contributed by atoms with Gasteiger partial charge in [0.2, 0.25) is 0 Å². The molecule has 1 aliphatic heterocycles. The fourth-order valence-electron chi connectivity index (χ4n) is 4.92. The maximum Gasteiger partial charge on any atom is 0.139 e. The number of aryl methyl sites for hydroxylation is 1. The highest BCUT2D eigenvalue weighted by Crippen LogP contribution is 2.40. The lowest BCUT2D eigenvalue weighted by molar-refractivity contribution is 0.0370. The van der Waals surface area contributed by atoms with E-state index in [2.05, 4.69) is 39.4 Å². The molecule has 1 aromatic heterocycles. The normalized spacial score (nSPS) is 24.4. The van der Waals surface area contributed by atoms with Gasteiger partial charge in [0.15, 0.2) is 0 Å². The first-order chi connectivity index (χ1) is 14.7. The molecule has 3 N–H and O–H groups in total. The van der Waals surface area contributed by atoms with Gasteiger partial charge >= 0.3 is 0 Å². The number of aromatic amines is 1. The van der Waals surface area contributed by atoms with Crippen LogP contribution in [0.1, 0.15) is 36.5 Å². The Hall–Kier alpha value is -2.70. The Balaban J connectivity index is 1.53. The van der Waals surface area contributed by atoms with Gasteiger partial charge < -0.3 is 10.5 Å². The molecule has 1 aliphatic carbocycles. The summed E-state index contributed by atoms with van der Waals surface area (Å²) in [6.07, 6.45) is 5.78. The van der Waals surface area contributed by atoms with Crippen LogP contribution in [0, 0.1) is 5.82 Å². The molecular weight excluding hydrogens is 379 g/mol. The van der Waals surface area contributed by atoms with E-state index < -0.39 is 0 Å². The highest BCUT2D eigenvalue weighted by atomic mass is 19.1. The zero-order valence-corrected chi connectivity index (χ0v) is 16.9. The standard InChI is InChI=1S/C24H27FN4O/c25-17-8-10-23(20(14-17)21-11-12-27-28-21)30-24-19-6-2-1-4-16(19)7-9-22(24)29-13-3-5-18(26)15-29/h1-2,4,6,8,10-12,14,18,22,24H,3,5,7,9,13,15,26H2,(H,27,28)/t18-,22-,24-/m0/s1. The van der Waals surface area contributed by atoms with E-state index in [1.807, 2.05) is 6.07 Å². The third-order valence-electron chi connectivity index (χ3n) is 6.37. The van der Waals surface area contributed by atoms with Crippen molar-refractivity contribution in [3.63, 3.8) is 0 Å². The maximum absolute atomic E-state index is 14.1. The number of likely N-dealkylation sites (tertiary alicyclic amines) is 1. The average molecular weight is 407 g/mol. The molecular formula is C24H27FN4O. The number of rotatable bonds is 4. The van der Waals surface area contributed by atoms with Crippen molar-refractivity contribution in [3.05, 3.63) is 71.7 Å². The van der Waals surface area contributed by atoms with Crippen LogP contribution in [0.25, 0.3) is 11.3 Å². The Morgan fingerprint density at radius 2 is 2.03 bits per heavy atom. The molecule has 30 heavy (non-hydrogen) atoms. The number of piperidine rings is 1. The molecule has 6 heteroatoms. The number of nitrogens with one attached hydrogen (secondary N) is 1. The molecule has 0 bridgehead atoms. The minimum atomic E-state index is -0.297. The number of fused-ring (bicyclic) bond motifs is 1. The summed E-state index contributed by atoms with van der Waals surface area (Å²) in [7, 11) is 0. The van der Waals surface area contributed by atoms with Crippen LogP contribution in [-0.4, -0.2) is 40.3 Å². The molecule has 156 valence electrons. The maximum atomic E-state index is 14.1. The number of hydrogen-bond acceptors (Lipinski definition) is 4. The van der Waals surface area contributed by atoms with Crippen LogP contribution in [0.2, 0.25) is 0 Å². The second-order valence-corrected chi connectivity index (χ2v) is 8.35. The van der Waals surface area contributed by atoms with Crippen molar-refractivity contribution in [1.82, 2.24) is 15.1 Å². The highest BCUT2D eigenvalue weighted by molar-refractivity contribution is 5.67. The van der Waals surface area contributed by atoms with Gasteiger partial charge in [-0.25, -0.2) is 4.39 Å². The first kappa shape index (κ1) is 19.3. The van der Waals surface area contributed by atoms with Crippen molar-refractivity contribution in [3.8, 4) is 17.0 Å². The van der Waals surface area contributed by atoms with Gasteiger partial charge in [-0.15, -0.1) is 0 Å². The number of H-pyrrole nitrogens is 1. The van der Waals surface area contributed by atoms with E-state index in [0.717, 1.165) is 44.5 Å². The van der Waals surface area contributed by atoms with Gasteiger partial charge in [-0.3, -0.25) is 10.00 Å². The Bertz CT molecular complexity index is 1010. The molecule has 5 rings (SSSR count). The minimum absolute atomic E-state index is 0.132. The summed E-state index contributed by atoms with van der Waals surface area (Å²) in [5, 5.41) is 6.96. The largest absolute Gasteiger partial charge is 0.483 e. The summed E-state index contributed by atoms with van der Waals surface area (Å²) in [6.45, 7) is 1.93. The third-order valence-corrected chi connectivity index (χ3v) is 6.37. The van der Waals surface area contributed by atoms with Gasteiger partial charge in [0.1, 0.15) is 17.7 Å². The monoisotopic (exact) mass is 406 g/mol. The molecule has 0 spiro atoms. The van der Waals surface area contributed by atoms with Crippen LogP contribution in [-0.2, 0) is 6.42 Å². The van der Waals surface area contributed by atoms with Crippen molar-refractivity contribution in [1.29, 1.82) is 0 Å². The molecule has 0 unspecified atom stereocenters. The van der Waals surface area contributed by atoms with Crippen molar-refractivity contribution in [2.24, 2.45) is 5.73 Å². The van der Waals surface area contributed by atoms with Crippen LogP contribution < -0.4 is 10.5 Å². The van der Waals surface area contributed by atoms with Crippen molar-refractivity contribution in [2.45, 2.75) is 43.9 Å². The van der Waals surface area contributed by atoms with Crippen LogP contribution in [0.15, 0.2) is 54.7 Å². The fraction of sp³-hybridized carbons (Fsp3) is 0.375. The highest BCUT2D eigenvalue weighted by Gasteiger charge is 2.37. The van der Waals surface area contributed by atoms with Gasteiger partial charge in [0.05, 0.1) is 11.7 Å². The Kier molecular flexibility index (Phi) is 5.27. The van der Waals surface area contributed by atoms with E-state index in [9.17, 15) is 4.39 Å². The molecule has 3 aromatic rings. The van der Waals surface area contributed by atoms with E-state index in [-0.39, 0.29) is 24.0 Å². The zero-order valence-electron chi connectivity index (χ0n) is 16.9. The molecule has 1 fully saturated rings. The quantitative estimate of drug-likeness (QED) is 0.685. The second kappa shape index (κ2) is 8.20. The summed E-state index contributed by atoms with van der Waals surface area (Å²) in [4.78, 5) is 2.49. The van der Waals surface area contributed by atoms with Gasteiger partial charge in [-0.2, -0.15) is 5.10 Å². The molecule has 2 aliphatic rings. The van der Waals surface area contributed by atoms with E-state index in [1.165, 1.54) is 23.3 Å². The summed E-state index contributed by atoms with van der Waals surface area (Å²) in [5.74, 6) is 0.364. The Morgan fingerprint density at radius 3 is 2.87 bits per heavy atom. The minimum Gasteiger partial charge on any atom is -0.483 e. The number of benzene rings is 2. The first-order valence-corrected chi connectivity index (χ1v) is 10.7. The van der Waals surface area contributed by atoms with Gasteiger partial charge in [-0.05, 0) is 67.6 Å². The molecule has 2 heterocycles. The molecule has 2 aromatic carbocycles. The number of hydrogen-bond donors (Lipinski definition) is 2. The lowest BCUT2D eigenvalue weighted by atomic mass is 9.84. The number of ether oxygens (including phenoxy) is 1. The van der Waals surface area contributed by atoms with E-state index >= 15 is 0 Å². The average Bonchev–Trinajstić information content (AvgIpc) is 3.30. The predicted octanol–water partition coefficient (Wildman–Crippen LogP) is 4.07. The molecule has 5 nitrogen and oxygen atoms in total. The topological polar surface area (TPSA) is 67.2 Å². The first-order valence-electron chi connectivity index (χ1n) is 10.7. The van der Waals surface area contributed by atoms with E-state index in [0.29, 0.717) is 11.3 Å². The van der Waals surface area contributed by atoms with E-state index in [1.54, 1.807) is 12.3 Å². The molecule has 0 radical (unpaired) electrons. The van der Waals surface area contributed by atoms with E-state index in [4.69, 9.17) is 10.5 Å². The van der Waals surface area contributed by atoms with Crippen LogP contribution in [0.5, 0.6) is 5.75 Å². The third kappa shape index (κ3) is 3.73. The van der Waals surface area contributed by atoms with Gasteiger partial charge in [0.25, 0.3) is 0 Å². The second-order valence-electron chi connectivity index (χ2n) is 8.35. The number of nitrogens with zero attached hydrogens (tertiary/aromatic N) is 2. The SMILES string of the molecule is N[C@H]1CCCN([C@H]2CCc3ccccc3[C@@H]2Oc2ccc(F)cc2-c2ccn[nH]2)C1. The van der Waals surface area contributed by atoms with Crippen molar-refractivity contribution in [2.75, 3.05) is 13.1 Å². The smallest absolute Gasteiger partial charge is 0.139 e.